The van der Waals surface area contributed by atoms with Crippen LogP contribution in [0, 0.1) is 0 Å². The molecule has 0 aliphatic carbocycles. The molecule has 8 heteroatoms. The van der Waals surface area contributed by atoms with Gasteiger partial charge in [-0.15, -0.1) is 11.3 Å². The summed E-state index contributed by atoms with van der Waals surface area (Å²) in [6, 6.07) is 15.1. The second-order valence-corrected chi connectivity index (χ2v) is 8.63. The van der Waals surface area contributed by atoms with E-state index in [1.807, 2.05) is 53.1 Å². The summed E-state index contributed by atoms with van der Waals surface area (Å²) in [5, 5.41) is 10.5. The molecule has 0 fully saturated rings. The first kappa shape index (κ1) is 22.1. The van der Waals surface area contributed by atoms with E-state index in [9.17, 15) is 14.7 Å². The number of aromatic nitrogens is 1. The van der Waals surface area contributed by atoms with Crippen molar-refractivity contribution < 1.29 is 19.4 Å². The lowest BCUT2D eigenvalue weighted by atomic mass is 10.1. The fourth-order valence-electron chi connectivity index (χ4n) is 3.69. The molecule has 32 heavy (non-hydrogen) atoms. The lowest BCUT2D eigenvalue weighted by Crippen LogP contribution is -2.19. The highest BCUT2D eigenvalue weighted by molar-refractivity contribution is 9.08. The molecule has 0 atom stereocenters. The Morgan fingerprint density at radius 3 is 2.44 bits per heavy atom. The van der Waals surface area contributed by atoms with Crippen LogP contribution < -0.4 is 14.9 Å². The van der Waals surface area contributed by atoms with Gasteiger partial charge in [0.15, 0.2) is 0 Å². The molecule has 4 rings (SSSR count). The predicted molar refractivity (Wildman–Crippen MR) is 130 cm³/mol. The SMILES string of the molecule is COc1ccc(-c2sc3c(c2CBr)c(=O)c(C(=O)O)cn3Cc2ccccc2OC)cc1. The van der Waals surface area contributed by atoms with Crippen LogP contribution in [0.4, 0.5) is 0 Å². The van der Waals surface area contributed by atoms with Gasteiger partial charge in [0.2, 0.25) is 5.43 Å². The first-order chi connectivity index (χ1) is 15.5. The molecule has 2 aromatic carbocycles. The Bertz CT molecular complexity index is 1360. The fourth-order valence-corrected chi connectivity index (χ4v) is 5.73. The Labute approximate surface area is 196 Å². The van der Waals surface area contributed by atoms with Crippen molar-refractivity contribution in [2.45, 2.75) is 11.9 Å². The second kappa shape index (κ2) is 9.18. The Morgan fingerprint density at radius 2 is 1.81 bits per heavy atom. The number of rotatable bonds is 7. The Kier molecular flexibility index (Phi) is 6.34. The first-order valence-corrected chi connectivity index (χ1v) is 11.7. The van der Waals surface area contributed by atoms with Crippen molar-refractivity contribution in [3.8, 4) is 21.9 Å². The predicted octanol–water partition coefficient (Wildman–Crippen LogP) is 5.39. The molecule has 164 valence electrons. The molecule has 0 amide bonds. The normalized spacial score (nSPS) is 11.0. The van der Waals surface area contributed by atoms with Gasteiger partial charge in [-0.2, -0.15) is 0 Å². The highest BCUT2D eigenvalue weighted by atomic mass is 79.9. The van der Waals surface area contributed by atoms with E-state index in [1.54, 1.807) is 14.2 Å². The van der Waals surface area contributed by atoms with E-state index in [1.165, 1.54) is 17.5 Å². The number of hydrogen-bond acceptors (Lipinski definition) is 5. The van der Waals surface area contributed by atoms with Gasteiger partial charge in [0.1, 0.15) is 21.9 Å². The van der Waals surface area contributed by atoms with Crippen LogP contribution in [0.2, 0.25) is 0 Å². The van der Waals surface area contributed by atoms with Crippen LogP contribution >= 0.6 is 27.3 Å². The standard InChI is InChI=1S/C24H20BrNO5S/c1-30-16-9-7-14(8-10-16)22-17(11-25)20-21(27)18(24(28)29)13-26(23(20)32-22)12-15-5-3-4-6-19(15)31-2/h3-10,13H,11-12H2,1-2H3,(H,28,29). The van der Waals surface area contributed by atoms with Gasteiger partial charge in [-0.1, -0.05) is 34.1 Å². The summed E-state index contributed by atoms with van der Waals surface area (Å²) in [6.07, 6.45) is 1.42. The van der Waals surface area contributed by atoms with Gasteiger partial charge in [-0.25, -0.2) is 4.79 Å². The quantitative estimate of drug-likeness (QED) is 0.335. The summed E-state index contributed by atoms with van der Waals surface area (Å²) in [6.45, 7) is 0.366. The average molecular weight is 514 g/mol. The van der Waals surface area contributed by atoms with Crippen molar-refractivity contribution in [1.29, 1.82) is 0 Å². The number of alkyl halides is 1. The summed E-state index contributed by atoms with van der Waals surface area (Å²) in [5.74, 6) is 0.187. The molecule has 0 radical (unpaired) electrons. The number of thiophene rings is 1. The minimum Gasteiger partial charge on any atom is -0.497 e. The van der Waals surface area contributed by atoms with Gasteiger partial charge < -0.3 is 19.1 Å². The third-order valence-corrected chi connectivity index (χ3v) is 7.13. The van der Waals surface area contributed by atoms with Crippen LogP contribution in [-0.2, 0) is 11.9 Å². The van der Waals surface area contributed by atoms with Crippen molar-refractivity contribution in [2.75, 3.05) is 14.2 Å². The monoisotopic (exact) mass is 513 g/mol. The number of hydrogen-bond donors (Lipinski definition) is 1. The van der Waals surface area contributed by atoms with Gasteiger partial charge in [0.05, 0.1) is 26.2 Å². The molecule has 2 heterocycles. The van der Waals surface area contributed by atoms with E-state index in [0.717, 1.165) is 27.3 Å². The highest BCUT2D eigenvalue weighted by Gasteiger charge is 2.23. The molecule has 0 saturated heterocycles. The summed E-state index contributed by atoms with van der Waals surface area (Å²) in [4.78, 5) is 26.7. The fraction of sp³-hybridized carbons (Fsp3) is 0.167. The third-order valence-electron chi connectivity index (χ3n) is 5.26. The van der Waals surface area contributed by atoms with E-state index >= 15 is 0 Å². The van der Waals surface area contributed by atoms with Gasteiger partial charge >= 0.3 is 5.97 Å². The Balaban J connectivity index is 1.99. The second-order valence-electron chi connectivity index (χ2n) is 7.07. The van der Waals surface area contributed by atoms with Gasteiger partial charge in [0, 0.05) is 22.0 Å². The van der Waals surface area contributed by atoms with E-state index < -0.39 is 11.4 Å². The number of carbonyl (C=O) groups is 1. The van der Waals surface area contributed by atoms with Crippen LogP contribution in [-0.4, -0.2) is 29.9 Å². The molecule has 0 bridgehead atoms. The van der Waals surface area contributed by atoms with Gasteiger partial charge in [0.25, 0.3) is 0 Å². The number of fused-ring (bicyclic) bond motifs is 1. The molecule has 2 aromatic heterocycles. The maximum absolute atomic E-state index is 13.2. The van der Waals surface area contributed by atoms with Crippen LogP contribution in [0.3, 0.4) is 0 Å². The summed E-state index contributed by atoms with van der Waals surface area (Å²) < 4.78 is 12.5. The highest BCUT2D eigenvalue weighted by Crippen LogP contribution is 2.39. The summed E-state index contributed by atoms with van der Waals surface area (Å²) >= 11 is 4.98. The smallest absolute Gasteiger partial charge is 0.341 e. The molecular formula is C24H20BrNO5S. The largest absolute Gasteiger partial charge is 0.497 e. The molecule has 0 aliphatic rings. The topological polar surface area (TPSA) is 77.8 Å². The molecule has 0 saturated carbocycles. The Morgan fingerprint density at radius 1 is 1.09 bits per heavy atom. The van der Waals surface area contributed by atoms with Crippen molar-refractivity contribution in [1.82, 2.24) is 4.57 Å². The van der Waals surface area contributed by atoms with Crippen LogP contribution in [0.15, 0.2) is 59.5 Å². The minimum absolute atomic E-state index is 0.256. The summed E-state index contributed by atoms with van der Waals surface area (Å²) in [5.41, 5.74) is 1.86. The molecular weight excluding hydrogens is 494 g/mol. The molecule has 0 aliphatic heterocycles. The lowest BCUT2D eigenvalue weighted by molar-refractivity contribution is 0.0695. The molecule has 4 aromatic rings. The Hall–Kier alpha value is -3.10. The van der Waals surface area contributed by atoms with Crippen LogP contribution in [0.1, 0.15) is 21.5 Å². The zero-order chi connectivity index (χ0) is 22.8. The van der Waals surface area contributed by atoms with Gasteiger partial charge in [-0.05, 0) is 41.5 Å². The van der Waals surface area contributed by atoms with Gasteiger partial charge in [-0.3, -0.25) is 4.79 Å². The molecule has 6 nitrogen and oxygen atoms in total. The maximum atomic E-state index is 13.2. The molecule has 0 unspecified atom stereocenters. The van der Waals surface area contributed by atoms with Crippen molar-refractivity contribution >= 4 is 43.5 Å². The van der Waals surface area contributed by atoms with Crippen LogP contribution in [0.5, 0.6) is 11.5 Å². The van der Waals surface area contributed by atoms with Crippen molar-refractivity contribution in [3.05, 3.63) is 81.6 Å². The van der Waals surface area contributed by atoms with E-state index in [-0.39, 0.29) is 5.56 Å². The van der Waals surface area contributed by atoms with E-state index in [2.05, 4.69) is 15.9 Å². The van der Waals surface area contributed by atoms with E-state index in [0.29, 0.717) is 27.8 Å². The number of pyridine rings is 1. The van der Waals surface area contributed by atoms with E-state index in [4.69, 9.17) is 9.47 Å². The average Bonchev–Trinajstić information content (AvgIpc) is 3.21. The number of benzene rings is 2. The molecule has 0 spiro atoms. The first-order valence-electron chi connectivity index (χ1n) is 9.72. The number of carboxylic acids is 1. The molecule has 1 N–H and O–H groups in total. The minimum atomic E-state index is -1.25. The number of methoxy groups -OCH3 is 2. The zero-order valence-electron chi connectivity index (χ0n) is 17.4. The van der Waals surface area contributed by atoms with Crippen molar-refractivity contribution in [2.24, 2.45) is 0 Å². The number of para-hydroxylation sites is 1. The van der Waals surface area contributed by atoms with Crippen molar-refractivity contribution in [3.63, 3.8) is 0 Å². The van der Waals surface area contributed by atoms with Crippen LogP contribution in [0.25, 0.3) is 20.7 Å². The number of carboxylic acid groups (broad SMARTS) is 1. The maximum Gasteiger partial charge on any atom is 0.341 e. The number of ether oxygens (including phenoxy) is 2. The number of aromatic carboxylic acids is 1. The number of halogens is 1. The zero-order valence-corrected chi connectivity index (χ0v) is 19.8. The number of nitrogens with zero attached hydrogens (tertiary/aromatic N) is 1. The lowest BCUT2D eigenvalue weighted by Gasteiger charge is -2.13. The summed E-state index contributed by atoms with van der Waals surface area (Å²) in [7, 11) is 3.20. The third kappa shape index (κ3) is 3.91.